The van der Waals surface area contributed by atoms with Crippen molar-refractivity contribution < 1.29 is 9.15 Å². The molecule has 0 amide bonds. The number of nitrogens with zero attached hydrogens (tertiary/aromatic N) is 1. The van der Waals surface area contributed by atoms with Gasteiger partial charge in [0.25, 0.3) is 0 Å². The zero-order chi connectivity index (χ0) is 18.8. The average molecular weight is 359 g/mol. The van der Waals surface area contributed by atoms with Crippen molar-refractivity contribution in [3.63, 3.8) is 0 Å². The molecule has 0 bridgehead atoms. The largest absolute Gasteiger partial charge is 0.487 e. The molecule has 1 aromatic heterocycles. The maximum Gasteiger partial charge on any atom is 0.180 e. The van der Waals surface area contributed by atoms with E-state index in [0.29, 0.717) is 13.2 Å². The molecular formula is C22H21N3O2. The van der Waals surface area contributed by atoms with Gasteiger partial charge in [-0.2, -0.15) is 0 Å². The van der Waals surface area contributed by atoms with Crippen molar-refractivity contribution in [1.29, 1.82) is 0 Å². The van der Waals surface area contributed by atoms with Crippen molar-refractivity contribution in [2.45, 2.75) is 20.1 Å². The van der Waals surface area contributed by atoms with Gasteiger partial charge in [-0.05, 0) is 64.7 Å². The molecule has 4 aromatic rings. The van der Waals surface area contributed by atoms with E-state index in [1.165, 1.54) is 17.3 Å². The Bertz CT molecular complexity index is 1090. The smallest absolute Gasteiger partial charge is 0.180 e. The maximum atomic E-state index is 6.01. The van der Waals surface area contributed by atoms with Gasteiger partial charge in [-0.1, -0.05) is 18.2 Å². The van der Waals surface area contributed by atoms with E-state index in [2.05, 4.69) is 36.2 Å². The Balaban J connectivity index is 1.66. The first kappa shape index (κ1) is 17.1. The van der Waals surface area contributed by atoms with Crippen LogP contribution in [0.4, 0.5) is 5.69 Å². The standard InChI is InChI=1S/C22H21N3O2/c1-14-6-19(24)9-17-7-15(2-4-21(14)17)16-3-5-22(18(8-16)10-23)27-12-20-11-26-13-25-20/h2-9,11,13H,10,12,23-24H2,1H3. The third-order valence-corrected chi connectivity index (χ3v) is 4.65. The number of rotatable bonds is 5. The SMILES string of the molecule is Cc1cc(N)cc2cc(-c3ccc(OCc4cocn4)c(CN)c3)ccc12. The highest BCUT2D eigenvalue weighted by Crippen LogP contribution is 2.31. The molecule has 0 aliphatic carbocycles. The summed E-state index contributed by atoms with van der Waals surface area (Å²) in [5.41, 5.74) is 17.8. The van der Waals surface area contributed by atoms with Crippen LogP contribution in [0.5, 0.6) is 5.75 Å². The first-order valence-electron chi connectivity index (χ1n) is 8.77. The van der Waals surface area contributed by atoms with Crippen LogP contribution in [0.25, 0.3) is 21.9 Å². The van der Waals surface area contributed by atoms with Gasteiger partial charge in [0.15, 0.2) is 6.39 Å². The Kier molecular flexibility index (Phi) is 4.52. The van der Waals surface area contributed by atoms with Crippen molar-refractivity contribution in [2.24, 2.45) is 5.73 Å². The summed E-state index contributed by atoms with van der Waals surface area (Å²) in [5, 5.41) is 2.34. The second-order valence-electron chi connectivity index (χ2n) is 6.57. The second-order valence-corrected chi connectivity index (χ2v) is 6.57. The number of aromatic nitrogens is 1. The minimum absolute atomic E-state index is 0.345. The van der Waals surface area contributed by atoms with Gasteiger partial charge in [-0.25, -0.2) is 4.98 Å². The molecule has 0 saturated heterocycles. The lowest BCUT2D eigenvalue weighted by atomic mass is 9.97. The molecule has 136 valence electrons. The minimum Gasteiger partial charge on any atom is -0.487 e. The Morgan fingerprint density at radius 2 is 1.85 bits per heavy atom. The topological polar surface area (TPSA) is 87.3 Å². The Hall–Kier alpha value is -3.31. The number of benzene rings is 3. The van der Waals surface area contributed by atoms with Crippen LogP contribution in [0, 0.1) is 6.92 Å². The molecule has 5 nitrogen and oxygen atoms in total. The number of anilines is 1. The van der Waals surface area contributed by atoms with Gasteiger partial charge < -0.3 is 20.6 Å². The molecule has 27 heavy (non-hydrogen) atoms. The molecule has 0 spiro atoms. The number of nitrogens with two attached hydrogens (primary N) is 2. The van der Waals surface area contributed by atoms with Crippen LogP contribution in [-0.4, -0.2) is 4.98 Å². The lowest BCUT2D eigenvalue weighted by Crippen LogP contribution is -2.03. The summed E-state index contributed by atoms with van der Waals surface area (Å²) >= 11 is 0. The van der Waals surface area contributed by atoms with Gasteiger partial charge in [0.2, 0.25) is 0 Å². The predicted molar refractivity (Wildman–Crippen MR) is 107 cm³/mol. The van der Waals surface area contributed by atoms with Gasteiger partial charge in [0, 0.05) is 17.8 Å². The van der Waals surface area contributed by atoms with Crippen LogP contribution in [0.2, 0.25) is 0 Å². The molecule has 1 heterocycles. The summed E-state index contributed by atoms with van der Waals surface area (Å²) in [4.78, 5) is 4.06. The minimum atomic E-state index is 0.345. The number of aryl methyl sites for hydroxylation is 1. The van der Waals surface area contributed by atoms with Crippen molar-refractivity contribution >= 4 is 16.5 Å². The molecule has 0 unspecified atom stereocenters. The van der Waals surface area contributed by atoms with Gasteiger partial charge in [0.05, 0.1) is 0 Å². The fourth-order valence-corrected chi connectivity index (χ4v) is 3.29. The molecule has 0 fully saturated rings. The number of hydrogen-bond donors (Lipinski definition) is 2. The highest BCUT2D eigenvalue weighted by atomic mass is 16.5. The predicted octanol–water partition coefficient (Wildman–Crippen LogP) is 4.42. The molecule has 0 saturated carbocycles. The Morgan fingerprint density at radius 3 is 2.63 bits per heavy atom. The summed E-state index contributed by atoms with van der Waals surface area (Å²) in [6.07, 6.45) is 2.96. The summed E-state index contributed by atoms with van der Waals surface area (Å²) in [6, 6.07) is 16.5. The van der Waals surface area contributed by atoms with E-state index in [0.717, 1.165) is 39.2 Å². The summed E-state index contributed by atoms with van der Waals surface area (Å²) < 4.78 is 10.8. The summed E-state index contributed by atoms with van der Waals surface area (Å²) in [7, 11) is 0. The monoisotopic (exact) mass is 359 g/mol. The van der Waals surface area contributed by atoms with E-state index in [9.17, 15) is 0 Å². The number of nitrogen functional groups attached to an aromatic ring is 1. The van der Waals surface area contributed by atoms with Crippen LogP contribution in [0.1, 0.15) is 16.8 Å². The summed E-state index contributed by atoms with van der Waals surface area (Å²) in [5.74, 6) is 0.755. The molecule has 5 heteroatoms. The van der Waals surface area contributed by atoms with Crippen LogP contribution in [-0.2, 0) is 13.2 Å². The number of fused-ring (bicyclic) bond motifs is 1. The zero-order valence-electron chi connectivity index (χ0n) is 15.1. The zero-order valence-corrected chi connectivity index (χ0v) is 15.1. The van der Waals surface area contributed by atoms with Crippen molar-refractivity contribution in [2.75, 3.05) is 5.73 Å². The molecule has 0 aliphatic rings. The molecule has 0 radical (unpaired) electrons. The van der Waals surface area contributed by atoms with Crippen LogP contribution in [0.3, 0.4) is 0 Å². The first-order valence-corrected chi connectivity index (χ1v) is 8.77. The van der Waals surface area contributed by atoms with Crippen molar-refractivity contribution in [3.05, 3.63) is 78.0 Å². The molecule has 0 atom stereocenters. The van der Waals surface area contributed by atoms with E-state index in [1.54, 1.807) is 6.26 Å². The molecule has 3 aromatic carbocycles. The fourth-order valence-electron chi connectivity index (χ4n) is 3.29. The highest BCUT2D eigenvalue weighted by Gasteiger charge is 2.08. The number of oxazole rings is 1. The van der Waals surface area contributed by atoms with Gasteiger partial charge in [0.1, 0.15) is 24.3 Å². The molecular weight excluding hydrogens is 338 g/mol. The number of ether oxygens (including phenoxy) is 1. The van der Waals surface area contributed by atoms with E-state index < -0.39 is 0 Å². The quantitative estimate of drug-likeness (QED) is 0.515. The van der Waals surface area contributed by atoms with Crippen LogP contribution >= 0.6 is 0 Å². The van der Waals surface area contributed by atoms with Crippen LogP contribution in [0.15, 0.2) is 65.6 Å². The second kappa shape index (κ2) is 7.13. The van der Waals surface area contributed by atoms with E-state index in [-0.39, 0.29) is 0 Å². The molecule has 4 rings (SSSR count). The third-order valence-electron chi connectivity index (χ3n) is 4.65. The van der Waals surface area contributed by atoms with E-state index in [1.807, 2.05) is 24.3 Å². The fraction of sp³-hybridized carbons (Fsp3) is 0.136. The lowest BCUT2D eigenvalue weighted by molar-refractivity contribution is 0.298. The molecule has 4 N–H and O–H groups in total. The highest BCUT2D eigenvalue weighted by molar-refractivity contribution is 5.92. The normalized spacial score (nSPS) is 11.0. The Labute approximate surface area is 157 Å². The molecule has 0 aliphatic heterocycles. The first-order chi connectivity index (χ1) is 13.1. The van der Waals surface area contributed by atoms with Gasteiger partial charge in [-0.15, -0.1) is 0 Å². The summed E-state index contributed by atoms with van der Waals surface area (Å²) in [6.45, 7) is 2.81. The number of hydrogen-bond acceptors (Lipinski definition) is 5. The average Bonchev–Trinajstić information content (AvgIpc) is 3.19. The van der Waals surface area contributed by atoms with Gasteiger partial charge in [-0.3, -0.25) is 0 Å². The third kappa shape index (κ3) is 3.50. The maximum absolute atomic E-state index is 6.01. The van der Waals surface area contributed by atoms with E-state index in [4.69, 9.17) is 20.6 Å². The van der Waals surface area contributed by atoms with Crippen molar-refractivity contribution in [1.82, 2.24) is 4.98 Å². The van der Waals surface area contributed by atoms with Crippen molar-refractivity contribution in [3.8, 4) is 16.9 Å². The van der Waals surface area contributed by atoms with E-state index >= 15 is 0 Å². The van der Waals surface area contributed by atoms with Gasteiger partial charge >= 0.3 is 0 Å². The Morgan fingerprint density at radius 1 is 1.04 bits per heavy atom. The van der Waals surface area contributed by atoms with Crippen LogP contribution < -0.4 is 16.2 Å². The lowest BCUT2D eigenvalue weighted by Gasteiger charge is -2.12.